The lowest BCUT2D eigenvalue weighted by molar-refractivity contribution is 0.238. The molecule has 7 nitrogen and oxygen atoms in total. The molecule has 0 aliphatic heterocycles. The summed E-state index contributed by atoms with van der Waals surface area (Å²) in [6, 6.07) is 3.55. The van der Waals surface area contributed by atoms with Crippen LogP contribution in [0.5, 0.6) is 0 Å². The lowest BCUT2D eigenvalue weighted by Gasteiger charge is -2.08. The number of amides is 2. The van der Waals surface area contributed by atoms with Crippen molar-refractivity contribution in [2.24, 2.45) is 0 Å². The Morgan fingerprint density at radius 2 is 2.11 bits per heavy atom. The lowest BCUT2D eigenvalue weighted by atomic mass is 10.4. The molecule has 0 aliphatic rings. The van der Waals surface area contributed by atoms with E-state index in [0.717, 1.165) is 5.69 Å². The Hall–Kier alpha value is -2.44. The van der Waals surface area contributed by atoms with Gasteiger partial charge >= 0.3 is 6.03 Å². The van der Waals surface area contributed by atoms with Gasteiger partial charge < -0.3 is 10.6 Å². The highest BCUT2D eigenvalue weighted by Crippen LogP contribution is 2.04. The molecule has 0 spiro atoms. The smallest absolute Gasteiger partial charge is 0.315 e. The second-order valence-corrected chi connectivity index (χ2v) is 4.34. The largest absolute Gasteiger partial charge is 0.336 e. The van der Waals surface area contributed by atoms with E-state index in [1.165, 1.54) is 0 Å². The maximum absolute atomic E-state index is 11.4. The Balaban J connectivity index is 1.93. The molecule has 100 valence electrons. The first-order chi connectivity index (χ1) is 9.15. The molecule has 2 aromatic rings. The zero-order valence-corrected chi connectivity index (χ0v) is 10.9. The zero-order valence-electron chi connectivity index (χ0n) is 10.9. The maximum atomic E-state index is 11.4. The van der Waals surface area contributed by atoms with E-state index in [-0.39, 0.29) is 12.1 Å². The molecule has 2 aromatic heterocycles. The summed E-state index contributed by atoms with van der Waals surface area (Å²) in [6.45, 7) is 4.14. The van der Waals surface area contributed by atoms with Crippen LogP contribution in [0.15, 0.2) is 30.7 Å². The number of carbonyl (C=O) groups is 1. The van der Waals surface area contributed by atoms with Crippen LogP contribution in [-0.4, -0.2) is 32.1 Å². The van der Waals surface area contributed by atoms with Crippen molar-refractivity contribution in [2.45, 2.75) is 26.4 Å². The first kappa shape index (κ1) is 13.0. The predicted molar refractivity (Wildman–Crippen MR) is 69.7 cm³/mol. The SMILES string of the molecule is CC(C)NC(=O)NCc1cn(-c2ccncc2)nn1. The van der Waals surface area contributed by atoms with Gasteiger partial charge in [-0.3, -0.25) is 4.98 Å². The number of aromatic nitrogens is 4. The molecule has 2 N–H and O–H groups in total. The molecule has 0 aromatic carbocycles. The van der Waals surface area contributed by atoms with Gasteiger partial charge in [0, 0.05) is 18.4 Å². The minimum absolute atomic E-state index is 0.104. The van der Waals surface area contributed by atoms with Gasteiger partial charge in [0.05, 0.1) is 18.4 Å². The van der Waals surface area contributed by atoms with Crippen LogP contribution < -0.4 is 10.6 Å². The molecular weight excluding hydrogens is 244 g/mol. The fourth-order valence-corrected chi connectivity index (χ4v) is 1.49. The highest BCUT2D eigenvalue weighted by molar-refractivity contribution is 5.73. The molecule has 0 saturated heterocycles. The van der Waals surface area contributed by atoms with Crippen molar-refractivity contribution in [1.82, 2.24) is 30.6 Å². The summed E-state index contributed by atoms with van der Waals surface area (Å²) in [5.74, 6) is 0. The van der Waals surface area contributed by atoms with E-state index in [1.807, 2.05) is 26.0 Å². The molecule has 0 saturated carbocycles. The molecule has 0 fully saturated rings. The van der Waals surface area contributed by atoms with Crippen LogP contribution in [0, 0.1) is 0 Å². The average Bonchev–Trinajstić information content (AvgIpc) is 2.85. The Labute approximate surface area is 111 Å². The molecule has 0 radical (unpaired) electrons. The van der Waals surface area contributed by atoms with E-state index >= 15 is 0 Å². The molecule has 0 bridgehead atoms. The number of hydrogen-bond acceptors (Lipinski definition) is 4. The third-order valence-electron chi connectivity index (χ3n) is 2.32. The summed E-state index contributed by atoms with van der Waals surface area (Å²) in [7, 11) is 0. The summed E-state index contributed by atoms with van der Waals surface area (Å²) in [6.07, 6.45) is 5.14. The number of carbonyl (C=O) groups excluding carboxylic acids is 1. The normalized spacial score (nSPS) is 10.5. The molecule has 19 heavy (non-hydrogen) atoms. The monoisotopic (exact) mass is 260 g/mol. The molecule has 2 amide bonds. The van der Waals surface area contributed by atoms with Crippen LogP contribution in [0.3, 0.4) is 0 Å². The van der Waals surface area contributed by atoms with Gasteiger partial charge in [-0.1, -0.05) is 5.21 Å². The van der Waals surface area contributed by atoms with Crippen molar-refractivity contribution in [1.29, 1.82) is 0 Å². The van der Waals surface area contributed by atoms with Gasteiger partial charge in [0.25, 0.3) is 0 Å². The van der Waals surface area contributed by atoms with Gasteiger partial charge in [0.15, 0.2) is 0 Å². The first-order valence-electron chi connectivity index (χ1n) is 6.01. The maximum Gasteiger partial charge on any atom is 0.315 e. The van der Waals surface area contributed by atoms with Crippen LogP contribution in [0.25, 0.3) is 5.69 Å². The van der Waals surface area contributed by atoms with Gasteiger partial charge in [-0.2, -0.15) is 0 Å². The van der Waals surface area contributed by atoms with Crippen molar-refractivity contribution in [3.05, 3.63) is 36.4 Å². The van der Waals surface area contributed by atoms with Crippen LogP contribution in [0.4, 0.5) is 4.79 Å². The Morgan fingerprint density at radius 1 is 1.37 bits per heavy atom. The third-order valence-corrected chi connectivity index (χ3v) is 2.32. The number of nitrogens with one attached hydrogen (secondary N) is 2. The minimum atomic E-state index is -0.214. The van der Waals surface area contributed by atoms with Crippen molar-refractivity contribution >= 4 is 6.03 Å². The molecule has 0 aliphatic carbocycles. The molecule has 2 heterocycles. The van der Waals surface area contributed by atoms with Gasteiger partial charge in [0.2, 0.25) is 0 Å². The highest BCUT2D eigenvalue weighted by atomic mass is 16.2. The second-order valence-electron chi connectivity index (χ2n) is 4.34. The second kappa shape index (κ2) is 5.94. The van der Waals surface area contributed by atoms with Crippen LogP contribution >= 0.6 is 0 Å². The molecule has 2 rings (SSSR count). The van der Waals surface area contributed by atoms with Crippen molar-refractivity contribution < 1.29 is 4.79 Å². The topological polar surface area (TPSA) is 84.7 Å². The summed E-state index contributed by atoms with van der Waals surface area (Å²) < 4.78 is 1.64. The lowest BCUT2D eigenvalue weighted by Crippen LogP contribution is -2.39. The Kier molecular flexibility index (Phi) is 4.07. The van der Waals surface area contributed by atoms with E-state index in [2.05, 4.69) is 25.9 Å². The van der Waals surface area contributed by atoms with E-state index in [1.54, 1.807) is 23.3 Å². The third kappa shape index (κ3) is 3.77. The molecule has 0 atom stereocenters. The summed E-state index contributed by atoms with van der Waals surface area (Å²) in [5, 5.41) is 13.4. The molecule has 7 heteroatoms. The van der Waals surface area contributed by atoms with Crippen LogP contribution in [0.1, 0.15) is 19.5 Å². The van der Waals surface area contributed by atoms with Gasteiger partial charge in [-0.15, -0.1) is 5.10 Å². The van der Waals surface area contributed by atoms with Gasteiger partial charge in [-0.05, 0) is 26.0 Å². The van der Waals surface area contributed by atoms with E-state index in [9.17, 15) is 4.79 Å². The van der Waals surface area contributed by atoms with Crippen LogP contribution in [0.2, 0.25) is 0 Å². The van der Waals surface area contributed by atoms with Crippen molar-refractivity contribution in [3.8, 4) is 5.69 Å². The molecule has 0 unspecified atom stereocenters. The Morgan fingerprint density at radius 3 is 2.79 bits per heavy atom. The molecular formula is C12H16N6O. The quantitative estimate of drug-likeness (QED) is 0.854. The number of hydrogen-bond donors (Lipinski definition) is 2. The van der Waals surface area contributed by atoms with Gasteiger partial charge in [0.1, 0.15) is 5.69 Å². The number of rotatable bonds is 4. The predicted octanol–water partition coefficient (Wildman–Crippen LogP) is 0.870. The minimum Gasteiger partial charge on any atom is -0.336 e. The Bertz CT molecular complexity index is 536. The van der Waals surface area contributed by atoms with Crippen molar-refractivity contribution in [2.75, 3.05) is 0 Å². The first-order valence-corrected chi connectivity index (χ1v) is 6.01. The summed E-state index contributed by atoms with van der Waals surface area (Å²) in [5.41, 5.74) is 1.57. The summed E-state index contributed by atoms with van der Waals surface area (Å²) >= 11 is 0. The standard InChI is InChI=1S/C12H16N6O/c1-9(2)15-12(19)14-7-10-8-18(17-16-10)11-3-5-13-6-4-11/h3-6,8-9H,7H2,1-2H3,(H2,14,15,19). The highest BCUT2D eigenvalue weighted by Gasteiger charge is 2.05. The van der Waals surface area contributed by atoms with Crippen molar-refractivity contribution in [3.63, 3.8) is 0 Å². The zero-order chi connectivity index (χ0) is 13.7. The van der Waals surface area contributed by atoms with Crippen LogP contribution in [-0.2, 0) is 6.54 Å². The summed E-state index contributed by atoms with van der Waals surface area (Å²) in [4.78, 5) is 15.4. The number of nitrogens with zero attached hydrogens (tertiary/aromatic N) is 4. The number of pyridine rings is 1. The fourth-order valence-electron chi connectivity index (χ4n) is 1.49. The van der Waals surface area contributed by atoms with E-state index in [0.29, 0.717) is 12.2 Å². The van der Waals surface area contributed by atoms with E-state index < -0.39 is 0 Å². The number of urea groups is 1. The fraction of sp³-hybridized carbons (Fsp3) is 0.333. The van der Waals surface area contributed by atoms with E-state index in [4.69, 9.17) is 0 Å². The van der Waals surface area contributed by atoms with Gasteiger partial charge in [-0.25, -0.2) is 9.48 Å². The average molecular weight is 260 g/mol.